The summed E-state index contributed by atoms with van der Waals surface area (Å²) in [7, 11) is 0. The third-order valence-electron chi connectivity index (χ3n) is 3.95. The van der Waals surface area contributed by atoms with E-state index in [4.69, 9.17) is 11.6 Å². The van der Waals surface area contributed by atoms with Gasteiger partial charge in [-0.3, -0.25) is 9.59 Å². The highest BCUT2D eigenvalue weighted by Crippen LogP contribution is 2.15. The van der Waals surface area contributed by atoms with E-state index in [2.05, 4.69) is 67.6 Å². The van der Waals surface area contributed by atoms with Gasteiger partial charge in [0.1, 0.15) is 6.17 Å². The summed E-state index contributed by atoms with van der Waals surface area (Å²) in [4.78, 5) is 21.1. The average Bonchev–Trinajstić information content (AvgIpc) is 2.76. The standard InChI is InChI=1S/C11H17N.C7H12ClNO.C6H13NO.C4H7F/c1-4-12-10(3)11-8-6-5-7-9(11)2;1-2-6-9-7(10)4-3-5-8;1-5(8)7-6(2,3)4;1-3-4(2)5/h5-8,10,12H,4H2,1-3H3;3-4H,2,5-6H2,1H3,(H,9,10);1-4H3,(H,7,8);3-4H,1H2,2H3/b;4-3+;;. The summed E-state index contributed by atoms with van der Waals surface area (Å²) in [5.74, 6) is 0.347. The topological polar surface area (TPSA) is 70.2 Å². The number of benzene rings is 1. The van der Waals surface area contributed by atoms with E-state index < -0.39 is 6.17 Å². The monoisotopic (exact) mass is 513 g/mol. The zero-order valence-electron chi connectivity index (χ0n) is 23.3. The van der Waals surface area contributed by atoms with Crippen LogP contribution in [0.15, 0.2) is 49.1 Å². The first kappa shape index (κ1) is 37.4. The average molecular weight is 514 g/mol. The van der Waals surface area contributed by atoms with E-state index in [-0.39, 0.29) is 17.4 Å². The van der Waals surface area contributed by atoms with Crippen LogP contribution >= 0.6 is 11.6 Å². The Hall–Kier alpha value is -2.18. The molecule has 0 aliphatic heterocycles. The van der Waals surface area contributed by atoms with Gasteiger partial charge < -0.3 is 16.0 Å². The fraction of sp³-hybridized carbons (Fsp3) is 0.571. The van der Waals surface area contributed by atoms with Gasteiger partial charge in [0.2, 0.25) is 11.8 Å². The van der Waals surface area contributed by atoms with E-state index in [0.29, 0.717) is 11.9 Å². The maximum Gasteiger partial charge on any atom is 0.243 e. The number of allylic oxidation sites excluding steroid dienone is 2. The highest BCUT2D eigenvalue weighted by atomic mass is 35.5. The van der Waals surface area contributed by atoms with Crippen LogP contribution in [0.5, 0.6) is 0 Å². The molecule has 0 spiro atoms. The van der Waals surface area contributed by atoms with Crippen LogP contribution in [0, 0.1) is 6.92 Å². The van der Waals surface area contributed by atoms with Gasteiger partial charge in [-0.05, 0) is 65.6 Å². The first-order valence-electron chi connectivity index (χ1n) is 12.1. The number of aryl methyl sites for hydroxylation is 1. The van der Waals surface area contributed by atoms with Crippen LogP contribution < -0.4 is 16.0 Å². The highest BCUT2D eigenvalue weighted by molar-refractivity contribution is 6.19. The number of carbonyl (C=O) groups excluding carboxylic acids is 2. The van der Waals surface area contributed by atoms with Crippen molar-refractivity contribution in [3.05, 3.63) is 60.2 Å². The van der Waals surface area contributed by atoms with Crippen molar-refractivity contribution >= 4 is 23.4 Å². The van der Waals surface area contributed by atoms with Crippen LogP contribution in [0.3, 0.4) is 0 Å². The number of nitrogens with one attached hydrogen (secondary N) is 3. The molecule has 3 N–H and O–H groups in total. The molecule has 202 valence electrons. The molecule has 0 aromatic heterocycles. The Morgan fingerprint density at radius 2 is 1.71 bits per heavy atom. The minimum Gasteiger partial charge on any atom is -0.353 e. The number of rotatable bonds is 8. The molecular formula is C28H49ClFN3O2. The molecule has 7 heteroatoms. The van der Waals surface area contributed by atoms with Crippen LogP contribution in [0.4, 0.5) is 4.39 Å². The third kappa shape index (κ3) is 29.8. The molecule has 0 saturated carbocycles. The number of hydrogen-bond donors (Lipinski definition) is 3. The summed E-state index contributed by atoms with van der Waals surface area (Å²) < 4.78 is 11.3. The molecule has 2 unspecified atom stereocenters. The molecule has 0 aliphatic carbocycles. The first-order chi connectivity index (χ1) is 16.2. The Morgan fingerprint density at radius 1 is 1.17 bits per heavy atom. The number of carbonyl (C=O) groups is 2. The fourth-order valence-electron chi connectivity index (χ4n) is 2.48. The largest absolute Gasteiger partial charge is 0.353 e. The van der Waals surface area contributed by atoms with E-state index in [1.54, 1.807) is 6.08 Å². The molecule has 0 bridgehead atoms. The molecule has 2 amide bonds. The zero-order chi connectivity index (χ0) is 27.9. The Labute approximate surface area is 219 Å². The second-order valence-electron chi connectivity index (χ2n) is 8.83. The van der Waals surface area contributed by atoms with Gasteiger partial charge in [-0.2, -0.15) is 0 Å². The van der Waals surface area contributed by atoms with Crippen molar-refractivity contribution in [2.24, 2.45) is 0 Å². The lowest BCUT2D eigenvalue weighted by Crippen LogP contribution is -2.38. The van der Waals surface area contributed by atoms with Gasteiger partial charge in [-0.25, -0.2) is 4.39 Å². The Balaban J connectivity index is -0.000000408. The van der Waals surface area contributed by atoms with Gasteiger partial charge in [0.25, 0.3) is 0 Å². The molecule has 5 nitrogen and oxygen atoms in total. The van der Waals surface area contributed by atoms with E-state index >= 15 is 0 Å². The quantitative estimate of drug-likeness (QED) is 0.213. The number of hydrogen-bond acceptors (Lipinski definition) is 3. The molecule has 1 aromatic rings. The lowest BCUT2D eigenvalue weighted by atomic mass is 10.0. The van der Waals surface area contributed by atoms with Crippen molar-refractivity contribution in [3.8, 4) is 0 Å². The van der Waals surface area contributed by atoms with Crippen molar-refractivity contribution in [2.75, 3.05) is 19.0 Å². The third-order valence-corrected chi connectivity index (χ3v) is 4.13. The van der Waals surface area contributed by atoms with Gasteiger partial charge in [-0.1, -0.05) is 50.3 Å². The summed E-state index contributed by atoms with van der Waals surface area (Å²) in [6.45, 7) is 22.2. The molecule has 2 atom stereocenters. The maximum atomic E-state index is 11.3. The Morgan fingerprint density at radius 3 is 2.06 bits per heavy atom. The van der Waals surface area contributed by atoms with Crippen LogP contribution in [0.1, 0.15) is 79.0 Å². The van der Waals surface area contributed by atoms with E-state index in [1.165, 1.54) is 37.1 Å². The predicted octanol–water partition coefficient (Wildman–Crippen LogP) is 6.42. The lowest BCUT2D eigenvalue weighted by molar-refractivity contribution is -0.120. The summed E-state index contributed by atoms with van der Waals surface area (Å²) >= 11 is 5.31. The molecule has 0 heterocycles. The first-order valence-corrected chi connectivity index (χ1v) is 12.6. The molecule has 1 aromatic carbocycles. The zero-order valence-corrected chi connectivity index (χ0v) is 24.1. The van der Waals surface area contributed by atoms with Crippen molar-refractivity contribution < 1.29 is 14.0 Å². The summed E-state index contributed by atoms with van der Waals surface area (Å²) in [6.07, 6.45) is 4.42. The van der Waals surface area contributed by atoms with Crippen LogP contribution in [0.25, 0.3) is 0 Å². The molecule has 0 saturated heterocycles. The SMILES string of the molecule is C=CC(C)F.CC(=O)NC(C)(C)C.CCCNC(=O)/C=C/CCl.CCNC(C)c1ccccc1C. The molecule has 1 rings (SSSR count). The summed E-state index contributed by atoms with van der Waals surface area (Å²) in [5.41, 5.74) is 2.69. The highest BCUT2D eigenvalue weighted by Gasteiger charge is 2.09. The minimum absolute atomic E-state index is 0.0255. The van der Waals surface area contributed by atoms with Gasteiger partial charge in [0, 0.05) is 37.0 Å². The number of halogens is 2. The molecule has 0 fully saturated rings. The number of amides is 2. The van der Waals surface area contributed by atoms with E-state index in [0.717, 1.165) is 19.5 Å². The molecule has 0 aliphatic rings. The van der Waals surface area contributed by atoms with Crippen molar-refractivity contribution in [2.45, 2.75) is 86.5 Å². The lowest BCUT2D eigenvalue weighted by Gasteiger charge is -2.18. The van der Waals surface area contributed by atoms with Crippen LogP contribution in [0.2, 0.25) is 0 Å². The van der Waals surface area contributed by atoms with E-state index in [1.807, 2.05) is 27.7 Å². The second kappa shape index (κ2) is 23.6. The smallest absolute Gasteiger partial charge is 0.243 e. The van der Waals surface area contributed by atoms with Crippen molar-refractivity contribution in [1.82, 2.24) is 16.0 Å². The van der Waals surface area contributed by atoms with Gasteiger partial charge in [0.15, 0.2) is 0 Å². The fourth-order valence-corrected chi connectivity index (χ4v) is 2.56. The van der Waals surface area contributed by atoms with Crippen molar-refractivity contribution in [1.29, 1.82) is 0 Å². The Kier molecular flexibility index (Phi) is 25.2. The van der Waals surface area contributed by atoms with Gasteiger partial charge in [-0.15, -0.1) is 18.2 Å². The van der Waals surface area contributed by atoms with Gasteiger partial charge >= 0.3 is 0 Å². The second-order valence-corrected chi connectivity index (χ2v) is 9.14. The van der Waals surface area contributed by atoms with Crippen LogP contribution in [-0.2, 0) is 9.59 Å². The Bertz CT molecular complexity index is 716. The minimum atomic E-state index is -0.852. The molecule has 0 radical (unpaired) electrons. The van der Waals surface area contributed by atoms with Gasteiger partial charge in [0.05, 0.1) is 0 Å². The predicted molar refractivity (Wildman–Crippen MR) is 151 cm³/mol. The number of alkyl halides is 2. The normalized spacial score (nSPS) is 11.9. The molecule has 35 heavy (non-hydrogen) atoms. The van der Waals surface area contributed by atoms with Crippen LogP contribution in [-0.4, -0.2) is 42.5 Å². The summed E-state index contributed by atoms with van der Waals surface area (Å²) in [5, 5.41) is 8.83. The summed E-state index contributed by atoms with van der Waals surface area (Å²) in [6, 6.07) is 8.98. The van der Waals surface area contributed by atoms with E-state index in [9.17, 15) is 14.0 Å². The van der Waals surface area contributed by atoms with Crippen molar-refractivity contribution in [3.63, 3.8) is 0 Å². The maximum absolute atomic E-state index is 11.3. The molecular weight excluding hydrogens is 465 g/mol.